The lowest BCUT2D eigenvalue weighted by atomic mass is 10.2. The van der Waals surface area contributed by atoms with E-state index in [9.17, 15) is 5.11 Å². The molecule has 60 valence electrons. The predicted octanol–water partition coefficient (Wildman–Crippen LogP) is 1.79. The van der Waals surface area contributed by atoms with E-state index in [1.54, 1.807) is 0 Å². The van der Waals surface area contributed by atoms with Crippen molar-refractivity contribution in [1.29, 1.82) is 0 Å². The summed E-state index contributed by atoms with van der Waals surface area (Å²) >= 11 is 0. The third-order valence-electron chi connectivity index (χ3n) is 1.68. The third kappa shape index (κ3) is 2.40. The molecular weight excluding hydrogens is 126 g/mol. The molecule has 0 saturated heterocycles. The quantitative estimate of drug-likeness (QED) is 0.596. The molecule has 0 aliphatic rings. The lowest BCUT2D eigenvalue weighted by molar-refractivity contribution is 0.252. The number of likely N-dealkylation sites (N-methyl/N-ethyl adjacent to an activating group) is 1. The first-order valence-corrected chi connectivity index (χ1v) is 3.49. The summed E-state index contributed by atoms with van der Waals surface area (Å²) in [5.74, 6) is 0.477. The van der Waals surface area contributed by atoms with Crippen molar-refractivity contribution in [2.75, 3.05) is 14.1 Å². The minimum absolute atomic E-state index is 0.130. The molecule has 0 aromatic rings. The van der Waals surface area contributed by atoms with Gasteiger partial charge in [0.2, 0.25) is 0 Å². The zero-order valence-corrected chi connectivity index (χ0v) is 7.47. The summed E-state index contributed by atoms with van der Waals surface area (Å²) in [6.45, 7) is 5.80. The van der Waals surface area contributed by atoms with Gasteiger partial charge < -0.3 is 5.11 Å². The highest BCUT2D eigenvalue weighted by Crippen LogP contribution is 2.07. The van der Waals surface area contributed by atoms with Gasteiger partial charge in [-0.2, -0.15) is 0 Å². The summed E-state index contributed by atoms with van der Waals surface area (Å²) in [5, 5.41) is 9.40. The van der Waals surface area contributed by atoms with Gasteiger partial charge in [-0.1, -0.05) is 0 Å². The van der Waals surface area contributed by atoms with E-state index in [4.69, 9.17) is 0 Å². The topological polar surface area (TPSA) is 23.5 Å². The van der Waals surface area contributed by atoms with E-state index in [0.717, 1.165) is 5.57 Å². The summed E-state index contributed by atoms with van der Waals surface area (Å²) in [5.41, 5.74) is 0.987. The molecule has 0 saturated carbocycles. The van der Waals surface area contributed by atoms with Crippen LogP contribution in [0.3, 0.4) is 0 Å². The van der Waals surface area contributed by atoms with Gasteiger partial charge in [0.1, 0.15) is 5.76 Å². The van der Waals surface area contributed by atoms with E-state index in [-0.39, 0.29) is 6.04 Å². The van der Waals surface area contributed by atoms with Crippen molar-refractivity contribution in [2.24, 2.45) is 0 Å². The number of hydrogen-bond acceptors (Lipinski definition) is 2. The number of aliphatic hydroxyl groups is 1. The van der Waals surface area contributed by atoms with E-state index < -0.39 is 0 Å². The van der Waals surface area contributed by atoms with Crippen LogP contribution in [0.15, 0.2) is 11.3 Å². The molecule has 0 spiro atoms. The van der Waals surface area contributed by atoms with Crippen LogP contribution in [-0.2, 0) is 0 Å². The first-order chi connectivity index (χ1) is 4.46. The smallest absolute Gasteiger partial charge is 0.108 e. The van der Waals surface area contributed by atoms with Crippen LogP contribution in [0.2, 0.25) is 0 Å². The first-order valence-electron chi connectivity index (χ1n) is 3.49. The molecule has 2 nitrogen and oxygen atoms in total. The van der Waals surface area contributed by atoms with E-state index in [2.05, 4.69) is 0 Å². The lowest BCUT2D eigenvalue weighted by Gasteiger charge is -2.19. The summed E-state index contributed by atoms with van der Waals surface area (Å²) in [6, 6.07) is 0.130. The molecule has 0 aromatic heterocycles. The van der Waals surface area contributed by atoms with Gasteiger partial charge in [0, 0.05) is 0 Å². The molecule has 0 aromatic carbocycles. The van der Waals surface area contributed by atoms with Gasteiger partial charge in [0.25, 0.3) is 0 Å². The number of allylic oxidation sites excluding steroid dienone is 1. The lowest BCUT2D eigenvalue weighted by Crippen LogP contribution is -2.27. The second kappa shape index (κ2) is 3.62. The van der Waals surface area contributed by atoms with Gasteiger partial charge in [-0.3, -0.25) is 4.90 Å². The van der Waals surface area contributed by atoms with Crippen LogP contribution >= 0.6 is 0 Å². The molecule has 1 N–H and O–H groups in total. The average Bonchev–Trinajstić information content (AvgIpc) is 1.84. The normalized spacial score (nSPS) is 13.4. The van der Waals surface area contributed by atoms with Crippen molar-refractivity contribution in [3.8, 4) is 0 Å². The SMILES string of the molecule is CC(C)=C(O)[C@@H](C)N(C)C. The van der Waals surface area contributed by atoms with Gasteiger partial charge in [-0.05, 0) is 40.4 Å². The Hall–Kier alpha value is -0.500. The zero-order valence-electron chi connectivity index (χ0n) is 7.47. The molecule has 0 rings (SSSR count). The maximum Gasteiger partial charge on any atom is 0.108 e. The minimum atomic E-state index is 0.130. The number of rotatable bonds is 2. The van der Waals surface area contributed by atoms with E-state index in [0.29, 0.717) is 5.76 Å². The Morgan fingerprint density at radius 3 is 1.80 bits per heavy atom. The molecule has 0 fully saturated rings. The molecule has 10 heavy (non-hydrogen) atoms. The fourth-order valence-electron chi connectivity index (χ4n) is 0.662. The van der Waals surface area contributed by atoms with Crippen molar-refractivity contribution in [2.45, 2.75) is 26.8 Å². The van der Waals surface area contributed by atoms with Crippen molar-refractivity contribution in [3.05, 3.63) is 11.3 Å². The van der Waals surface area contributed by atoms with Crippen LogP contribution in [0.4, 0.5) is 0 Å². The Bertz CT molecular complexity index is 134. The highest BCUT2D eigenvalue weighted by Gasteiger charge is 2.09. The van der Waals surface area contributed by atoms with Crippen molar-refractivity contribution < 1.29 is 5.11 Å². The monoisotopic (exact) mass is 143 g/mol. The third-order valence-corrected chi connectivity index (χ3v) is 1.68. The average molecular weight is 143 g/mol. The highest BCUT2D eigenvalue weighted by molar-refractivity contribution is 5.06. The summed E-state index contributed by atoms with van der Waals surface area (Å²) < 4.78 is 0. The van der Waals surface area contributed by atoms with Crippen LogP contribution in [0.5, 0.6) is 0 Å². The molecule has 0 amide bonds. The van der Waals surface area contributed by atoms with Gasteiger partial charge in [-0.25, -0.2) is 0 Å². The molecular formula is C8H17NO. The maximum atomic E-state index is 9.40. The molecule has 2 heteroatoms. The zero-order chi connectivity index (χ0) is 8.31. The molecule has 0 unspecified atom stereocenters. The Balaban J connectivity index is 4.22. The maximum absolute atomic E-state index is 9.40. The minimum Gasteiger partial charge on any atom is -0.511 e. The number of hydrogen-bond donors (Lipinski definition) is 1. The summed E-state index contributed by atoms with van der Waals surface area (Å²) in [4.78, 5) is 1.97. The highest BCUT2D eigenvalue weighted by atomic mass is 16.3. The Morgan fingerprint density at radius 1 is 1.30 bits per heavy atom. The Kier molecular flexibility index (Phi) is 3.43. The summed E-state index contributed by atoms with van der Waals surface area (Å²) in [6.07, 6.45) is 0. The van der Waals surface area contributed by atoms with E-state index in [1.807, 2.05) is 39.8 Å². The van der Waals surface area contributed by atoms with Crippen LogP contribution in [0.1, 0.15) is 20.8 Å². The summed E-state index contributed by atoms with van der Waals surface area (Å²) in [7, 11) is 3.90. The molecule has 0 radical (unpaired) electrons. The number of aliphatic hydroxyl groups excluding tert-OH is 1. The van der Waals surface area contributed by atoms with Gasteiger partial charge in [0.15, 0.2) is 0 Å². The van der Waals surface area contributed by atoms with Gasteiger partial charge in [-0.15, -0.1) is 0 Å². The molecule has 0 aliphatic heterocycles. The molecule has 0 aliphatic carbocycles. The fourth-order valence-corrected chi connectivity index (χ4v) is 0.662. The van der Waals surface area contributed by atoms with Crippen molar-refractivity contribution >= 4 is 0 Å². The van der Waals surface area contributed by atoms with Crippen LogP contribution in [0.25, 0.3) is 0 Å². The second-order valence-corrected chi connectivity index (χ2v) is 3.02. The van der Waals surface area contributed by atoms with Gasteiger partial charge >= 0.3 is 0 Å². The standard InChI is InChI=1S/C8H17NO/c1-6(2)8(10)7(3)9(4)5/h7,10H,1-5H3/t7-/m1/s1. The van der Waals surface area contributed by atoms with E-state index in [1.165, 1.54) is 0 Å². The molecule has 0 heterocycles. The molecule has 1 atom stereocenters. The first kappa shape index (κ1) is 9.50. The Labute approximate surface area is 63.2 Å². The second-order valence-electron chi connectivity index (χ2n) is 3.02. The Morgan fingerprint density at radius 2 is 1.70 bits per heavy atom. The van der Waals surface area contributed by atoms with Crippen LogP contribution < -0.4 is 0 Å². The largest absolute Gasteiger partial charge is 0.511 e. The predicted molar refractivity (Wildman–Crippen MR) is 44.2 cm³/mol. The van der Waals surface area contributed by atoms with E-state index >= 15 is 0 Å². The molecule has 0 bridgehead atoms. The fraction of sp³-hybridized carbons (Fsp3) is 0.750. The van der Waals surface area contributed by atoms with Crippen LogP contribution in [-0.4, -0.2) is 30.1 Å². The van der Waals surface area contributed by atoms with Gasteiger partial charge in [0.05, 0.1) is 6.04 Å². The van der Waals surface area contributed by atoms with Crippen molar-refractivity contribution in [1.82, 2.24) is 4.90 Å². The van der Waals surface area contributed by atoms with Crippen LogP contribution in [0, 0.1) is 0 Å². The van der Waals surface area contributed by atoms with Crippen molar-refractivity contribution in [3.63, 3.8) is 0 Å². The number of nitrogens with zero attached hydrogens (tertiary/aromatic N) is 1.